The van der Waals surface area contributed by atoms with Crippen molar-refractivity contribution in [2.75, 3.05) is 7.11 Å². The van der Waals surface area contributed by atoms with Crippen molar-refractivity contribution in [2.24, 2.45) is 11.8 Å². The second-order valence-electron chi connectivity index (χ2n) is 3.39. The average Bonchev–Trinajstić information content (AvgIpc) is 2.42. The van der Waals surface area contributed by atoms with E-state index in [0.29, 0.717) is 16.5 Å². The van der Waals surface area contributed by atoms with E-state index in [2.05, 4.69) is 15.9 Å². The first-order chi connectivity index (χ1) is 5.24. The Balaban J connectivity index is 2.20. The molecule has 62 valence electrons. The second kappa shape index (κ2) is 2.56. The van der Waals surface area contributed by atoms with Crippen molar-refractivity contribution in [3.8, 4) is 0 Å². The van der Waals surface area contributed by atoms with Crippen LogP contribution in [-0.2, 0) is 9.53 Å². The summed E-state index contributed by atoms with van der Waals surface area (Å²) in [6.45, 7) is 0. The minimum atomic E-state index is 0.189. The van der Waals surface area contributed by atoms with Crippen molar-refractivity contribution in [1.29, 1.82) is 0 Å². The lowest BCUT2D eigenvalue weighted by Crippen LogP contribution is -2.18. The number of hydrogen-bond acceptors (Lipinski definition) is 2. The molecule has 0 spiro atoms. The summed E-state index contributed by atoms with van der Waals surface area (Å²) in [5.41, 5.74) is 0. The van der Waals surface area contributed by atoms with Crippen LogP contribution in [0.3, 0.4) is 0 Å². The van der Waals surface area contributed by atoms with Crippen molar-refractivity contribution in [2.45, 2.75) is 23.8 Å². The van der Waals surface area contributed by atoms with Crippen LogP contribution in [0.2, 0.25) is 0 Å². The first kappa shape index (κ1) is 7.74. The van der Waals surface area contributed by atoms with Gasteiger partial charge in [0.1, 0.15) is 5.78 Å². The third kappa shape index (κ3) is 0.975. The predicted octanol–water partition coefficient (Wildman–Crippen LogP) is 1.37. The van der Waals surface area contributed by atoms with Crippen molar-refractivity contribution < 1.29 is 9.53 Å². The fraction of sp³-hybridized carbons (Fsp3) is 0.875. The molecule has 3 heteroatoms. The van der Waals surface area contributed by atoms with Gasteiger partial charge in [0.25, 0.3) is 0 Å². The number of fused-ring (bicyclic) bond motifs is 2. The zero-order valence-corrected chi connectivity index (χ0v) is 8.00. The molecule has 0 aromatic carbocycles. The van der Waals surface area contributed by atoms with E-state index in [1.54, 1.807) is 7.11 Å². The number of hydrogen-bond donors (Lipinski definition) is 0. The predicted molar refractivity (Wildman–Crippen MR) is 44.7 cm³/mol. The Morgan fingerprint density at radius 2 is 2.36 bits per heavy atom. The third-order valence-corrected chi connectivity index (χ3v) is 3.94. The molecule has 0 aromatic rings. The van der Waals surface area contributed by atoms with E-state index in [1.165, 1.54) is 0 Å². The Hall–Kier alpha value is 0.110. The highest BCUT2D eigenvalue weighted by atomic mass is 79.9. The smallest absolute Gasteiger partial charge is 0.139 e. The van der Waals surface area contributed by atoms with Crippen LogP contribution in [0, 0.1) is 11.8 Å². The van der Waals surface area contributed by atoms with E-state index in [4.69, 9.17) is 4.74 Å². The molecule has 2 bridgehead atoms. The molecule has 4 unspecified atom stereocenters. The van der Waals surface area contributed by atoms with Crippen molar-refractivity contribution in [3.05, 3.63) is 0 Å². The Labute approximate surface area is 74.4 Å². The van der Waals surface area contributed by atoms with Gasteiger partial charge in [0, 0.05) is 30.2 Å². The van der Waals surface area contributed by atoms with E-state index in [-0.39, 0.29) is 12.0 Å². The number of rotatable bonds is 1. The first-order valence-electron chi connectivity index (χ1n) is 3.93. The van der Waals surface area contributed by atoms with Crippen LogP contribution in [0.25, 0.3) is 0 Å². The monoisotopic (exact) mass is 218 g/mol. The number of carbonyl (C=O) groups excluding carboxylic acids is 1. The summed E-state index contributed by atoms with van der Waals surface area (Å²) in [4.78, 5) is 11.8. The minimum absolute atomic E-state index is 0.189. The van der Waals surface area contributed by atoms with Crippen LogP contribution in [0.15, 0.2) is 0 Å². The third-order valence-electron chi connectivity index (χ3n) is 2.88. The lowest BCUT2D eigenvalue weighted by molar-refractivity contribution is -0.122. The van der Waals surface area contributed by atoms with Crippen molar-refractivity contribution in [3.63, 3.8) is 0 Å². The maximum Gasteiger partial charge on any atom is 0.139 e. The number of methoxy groups -OCH3 is 1. The van der Waals surface area contributed by atoms with Crippen LogP contribution in [0.4, 0.5) is 0 Å². The van der Waals surface area contributed by atoms with Crippen LogP contribution >= 0.6 is 15.9 Å². The first-order valence-corrected chi connectivity index (χ1v) is 4.85. The fourth-order valence-corrected chi connectivity index (χ4v) is 3.23. The summed E-state index contributed by atoms with van der Waals surface area (Å²) in [6, 6.07) is 0. The molecule has 2 fully saturated rings. The molecule has 0 aliphatic heterocycles. The number of ketones is 1. The molecular weight excluding hydrogens is 208 g/mol. The molecule has 2 rings (SSSR count). The van der Waals surface area contributed by atoms with Crippen LogP contribution in [0.5, 0.6) is 0 Å². The van der Waals surface area contributed by atoms with Gasteiger partial charge in [-0.15, -0.1) is 0 Å². The largest absolute Gasteiger partial charge is 0.380 e. The molecule has 0 saturated heterocycles. The number of Topliss-reactive ketones (excluding diaryl/α,β-unsaturated/α-hetero) is 1. The maximum atomic E-state index is 11.2. The van der Waals surface area contributed by atoms with Crippen LogP contribution in [0.1, 0.15) is 12.8 Å². The summed E-state index contributed by atoms with van der Waals surface area (Å²) in [5, 5.41) is 0. The number of alkyl halides is 1. The molecule has 2 aliphatic carbocycles. The zero-order valence-electron chi connectivity index (χ0n) is 6.42. The summed E-state index contributed by atoms with van der Waals surface area (Å²) in [6.07, 6.45) is 1.90. The quantitative estimate of drug-likeness (QED) is 0.622. The Bertz CT molecular complexity index is 193. The highest BCUT2D eigenvalue weighted by Gasteiger charge is 2.52. The summed E-state index contributed by atoms with van der Waals surface area (Å²) in [7, 11) is 1.70. The van der Waals surface area contributed by atoms with E-state index in [9.17, 15) is 4.79 Å². The van der Waals surface area contributed by atoms with Gasteiger partial charge in [-0.05, 0) is 6.42 Å². The van der Waals surface area contributed by atoms with E-state index >= 15 is 0 Å². The molecule has 4 atom stereocenters. The molecule has 2 nitrogen and oxygen atoms in total. The topological polar surface area (TPSA) is 26.3 Å². The fourth-order valence-electron chi connectivity index (χ4n) is 2.34. The van der Waals surface area contributed by atoms with Gasteiger partial charge in [-0.2, -0.15) is 0 Å². The van der Waals surface area contributed by atoms with Gasteiger partial charge >= 0.3 is 0 Å². The average molecular weight is 219 g/mol. The van der Waals surface area contributed by atoms with Gasteiger partial charge in [0.05, 0.1) is 6.10 Å². The SMILES string of the molecule is COC1C2CC(Br)C1CC2=O. The van der Waals surface area contributed by atoms with Crippen LogP contribution < -0.4 is 0 Å². The van der Waals surface area contributed by atoms with Gasteiger partial charge < -0.3 is 4.74 Å². The summed E-state index contributed by atoms with van der Waals surface area (Å²) in [5.74, 6) is 1.03. The highest BCUT2D eigenvalue weighted by Crippen LogP contribution is 2.47. The lowest BCUT2D eigenvalue weighted by Gasteiger charge is -2.13. The minimum Gasteiger partial charge on any atom is -0.380 e. The Kier molecular flexibility index (Phi) is 1.80. The molecule has 0 aromatic heterocycles. The zero-order chi connectivity index (χ0) is 8.01. The van der Waals surface area contributed by atoms with Gasteiger partial charge in [0.15, 0.2) is 0 Å². The summed E-state index contributed by atoms with van der Waals surface area (Å²) < 4.78 is 5.29. The number of carbonyl (C=O) groups is 1. The number of halogens is 1. The molecule has 0 amide bonds. The molecular formula is C8H11BrO2. The van der Waals surface area contributed by atoms with Gasteiger partial charge in [-0.1, -0.05) is 15.9 Å². The molecule has 11 heavy (non-hydrogen) atoms. The normalized spacial score (nSPS) is 48.7. The molecule has 0 radical (unpaired) electrons. The van der Waals surface area contributed by atoms with Crippen LogP contribution in [-0.4, -0.2) is 23.8 Å². The molecule has 0 N–H and O–H groups in total. The molecule has 2 aliphatic rings. The number of ether oxygens (including phenoxy) is 1. The van der Waals surface area contributed by atoms with E-state index < -0.39 is 0 Å². The standard InChI is InChI=1S/C8H11BrO2/c1-11-8-4-3-7(10)5(8)2-6(4)9/h4-6,8H,2-3H2,1H3. The van der Waals surface area contributed by atoms with E-state index in [0.717, 1.165) is 12.8 Å². The highest BCUT2D eigenvalue weighted by molar-refractivity contribution is 9.09. The molecule has 2 saturated carbocycles. The van der Waals surface area contributed by atoms with Crippen molar-refractivity contribution in [1.82, 2.24) is 0 Å². The maximum absolute atomic E-state index is 11.2. The van der Waals surface area contributed by atoms with Gasteiger partial charge in [0.2, 0.25) is 0 Å². The summed E-state index contributed by atoms with van der Waals surface area (Å²) >= 11 is 3.57. The molecule has 0 heterocycles. The van der Waals surface area contributed by atoms with Crippen molar-refractivity contribution >= 4 is 21.7 Å². The second-order valence-corrected chi connectivity index (χ2v) is 4.57. The van der Waals surface area contributed by atoms with Gasteiger partial charge in [-0.25, -0.2) is 0 Å². The Morgan fingerprint density at radius 1 is 1.64 bits per heavy atom. The van der Waals surface area contributed by atoms with E-state index in [1.807, 2.05) is 0 Å². The van der Waals surface area contributed by atoms with Gasteiger partial charge in [-0.3, -0.25) is 4.79 Å². The lowest BCUT2D eigenvalue weighted by atomic mass is 10.00. The Morgan fingerprint density at radius 3 is 2.73 bits per heavy atom.